The number of rotatable bonds is 2. The molecule has 0 aliphatic heterocycles. The van der Waals surface area contributed by atoms with E-state index in [9.17, 15) is 18.0 Å². The molecule has 3 nitrogen and oxygen atoms in total. The molecule has 0 fully saturated rings. The first kappa shape index (κ1) is 17.8. The molecule has 1 N–H and O–H groups in total. The van der Waals surface area contributed by atoms with Gasteiger partial charge in [0.1, 0.15) is 0 Å². The van der Waals surface area contributed by atoms with Crippen molar-refractivity contribution in [1.29, 1.82) is 0 Å². The Labute approximate surface area is 142 Å². The summed E-state index contributed by atoms with van der Waals surface area (Å²) in [6.45, 7) is 0. The number of halogens is 3. The van der Waals surface area contributed by atoms with E-state index in [2.05, 4.69) is 4.98 Å². The fourth-order valence-corrected chi connectivity index (χ4v) is 2.35. The Morgan fingerprint density at radius 1 is 1.04 bits per heavy atom. The summed E-state index contributed by atoms with van der Waals surface area (Å²) in [6.07, 6.45) is -3.15. The first-order valence-corrected chi connectivity index (χ1v) is 6.66. The molecule has 1 heterocycles. The van der Waals surface area contributed by atoms with Crippen molar-refractivity contribution in [1.82, 2.24) is 4.98 Å². The Hall–Kier alpha value is -2.54. The first-order valence-electron chi connectivity index (χ1n) is 6.66. The minimum absolute atomic E-state index is 0. The number of benzene rings is 2. The summed E-state index contributed by atoms with van der Waals surface area (Å²) in [7, 11) is 0. The molecule has 7 heteroatoms. The van der Waals surface area contributed by atoms with Gasteiger partial charge in [-0.3, -0.25) is 4.98 Å². The van der Waals surface area contributed by atoms with E-state index < -0.39 is 17.7 Å². The highest BCUT2D eigenvalue weighted by atomic mass is 32.1. The SMILES string of the molecule is O=C(O)c1cnc2c(-c3ccc(C(F)(F)F)cc3)cccc2c1.S. The van der Waals surface area contributed by atoms with Gasteiger partial charge in [0, 0.05) is 17.1 Å². The third kappa shape index (κ3) is 3.35. The molecule has 0 bridgehead atoms. The fourth-order valence-electron chi connectivity index (χ4n) is 2.35. The molecule has 0 spiro atoms. The van der Waals surface area contributed by atoms with Crippen molar-refractivity contribution in [2.45, 2.75) is 6.18 Å². The third-order valence-corrected chi connectivity index (χ3v) is 3.48. The van der Waals surface area contributed by atoms with Crippen molar-refractivity contribution in [2.75, 3.05) is 0 Å². The molecule has 3 rings (SSSR count). The van der Waals surface area contributed by atoms with Crippen molar-refractivity contribution in [3.05, 3.63) is 65.9 Å². The van der Waals surface area contributed by atoms with Crippen LogP contribution in [0.3, 0.4) is 0 Å². The number of nitrogens with zero attached hydrogens (tertiary/aromatic N) is 1. The Morgan fingerprint density at radius 2 is 1.71 bits per heavy atom. The van der Waals surface area contributed by atoms with Crippen molar-refractivity contribution >= 4 is 30.4 Å². The number of aromatic nitrogens is 1. The zero-order valence-corrected chi connectivity index (χ0v) is 13.1. The van der Waals surface area contributed by atoms with Gasteiger partial charge in [-0.1, -0.05) is 30.3 Å². The van der Waals surface area contributed by atoms with E-state index in [1.807, 2.05) is 0 Å². The molecule has 0 aliphatic rings. The lowest BCUT2D eigenvalue weighted by Crippen LogP contribution is -2.04. The number of carboxylic acids is 1. The molecule has 1 aromatic heterocycles. The number of para-hydroxylation sites is 1. The van der Waals surface area contributed by atoms with Gasteiger partial charge in [0.05, 0.1) is 16.6 Å². The Kier molecular flexibility index (Phi) is 4.84. The van der Waals surface area contributed by atoms with E-state index in [0.29, 0.717) is 22.0 Å². The Bertz CT molecular complexity index is 892. The summed E-state index contributed by atoms with van der Waals surface area (Å²) in [4.78, 5) is 15.1. The molecule has 0 radical (unpaired) electrons. The van der Waals surface area contributed by atoms with Crippen LogP contribution in [0.25, 0.3) is 22.0 Å². The van der Waals surface area contributed by atoms with Crippen LogP contribution >= 0.6 is 13.5 Å². The summed E-state index contributed by atoms with van der Waals surface area (Å²) < 4.78 is 37.9. The predicted molar refractivity (Wildman–Crippen MR) is 89.5 cm³/mol. The number of fused-ring (bicyclic) bond motifs is 1. The molecule has 24 heavy (non-hydrogen) atoms. The molecule has 0 atom stereocenters. The van der Waals surface area contributed by atoms with Crippen LogP contribution < -0.4 is 0 Å². The van der Waals surface area contributed by atoms with Crippen LogP contribution in [0.15, 0.2) is 54.7 Å². The number of carboxylic acid groups (broad SMARTS) is 1. The van der Waals surface area contributed by atoms with E-state index in [1.54, 1.807) is 18.2 Å². The largest absolute Gasteiger partial charge is 0.478 e. The molecular weight excluding hydrogens is 339 g/mol. The van der Waals surface area contributed by atoms with Crippen molar-refractivity contribution in [2.24, 2.45) is 0 Å². The van der Waals surface area contributed by atoms with Gasteiger partial charge in [-0.15, -0.1) is 0 Å². The minimum atomic E-state index is -4.38. The monoisotopic (exact) mass is 351 g/mol. The van der Waals surface area contributed by atoms with Crippen molar-refractivity contribution < 1.29 is 23.1 Å². The minimum Gasteiger partial charge on any atom is -0.478 e. The third-order valence-electron chi connectivity index (χ3n) is 3.48. The van der Waals surface area contributed by atoms with Crippen LogP contribution in [-0.4, -0.2) is 16.1 Å². The number of pyridine rings is 1. The average molecular weight is 351 g/mol. The van der Waals surface area contributed by atoms with Crippen LogP contribution in [0.4, 0.5) is 13.2 Å². The van der Waals surface area contributed by atoms with Gasteiger partial charge < -0.3 is 5.11 Å². The standard InChI is InChI=1S/C17H10F3NO2.H2S/c18-17(19,20)13-6-4-10(5-7-13)14-3-1-2-11-8-12(16(22)23)9-21-15(11)14;/h1-9H,(H,22,23);1H2. The van der Waals surface area contributed by atoms with Gasteiger partial charge in [-0.2, -0.15) is 26.7 Å². The normalized spacial score (nSPS) is 11.1. The second-order valence-corrected chi connectivity index (χ2v) is 4.98. The van der Waals surface area contributed by atoms with Crippen LogP contribution in [-0.2, 0) is 6.18 Å². The molecule has 2 aromatic carbocycles. The lowest BCUT2D eigenvalue weighted by Gasteiger charge is -2.09. The van der Waals surface area contributed by atoms with Gasteiger partial charge in [-0.25, -0.2) is 4.79 Å². The Balaban J connectivity index is 0.00000208. The van der Waals surface area contributed by atoms with E-state index in [4.69, 9.17) is 5.11 Å². The first-order chi connectivity index (χ1) is 10.9. The highest BCUT2D eigenvalue weighted by Crippen LogP contribution is 2.32. The summed E-state index contributed by atoms with van der Waals surface area (Å²) in [6, 6.07) is 11.4. The fraction of sp³-hybridized carbons (Fsp3) is 0.0588. The van der Waals surface area contributed by atoms with Gasteiger partial charge in [-0.05, 0) is 23.8 Å². The van der Waals surface area contributed by atoms with E-state index in [0.717, 1.165) is 12.1 Å². The molecule has 0 saturated carbocycles. The van der Waals surface area contributed by atoms with Crippen LogP contribution in [0.1, 0.15) is 15.9 Å². The van der Waals surface area contributed by atoms with Gasteiger partial charge >= 0.3 is 12.1 Å². The molecule has 124 valence electrons. The average Bonchev–Trinajstić information content (AvgIpc) is 2.53. The topological polar surface area (TPSA) is 50.2 Å². The predicted octanol–water partition coefficient (Wildman–Crippen LogP) is 4.73. The van der Waals surface area contributed by atoms with Gasteiger partial charge in [0.25, 0.3) is 0 Å². The molecule has 0 aliphatic carbocycles. The zero-order chi connectivity index (χ0) is 16.6. The van der Waals surface area contributed by atoms with Gasteiger partial charge in [0.2, 0.25) is 0 Å². The smallest absolute Gasteiger partial charge is 0.416 e. The summed E-state index contributed by atoms with van der Waals surface area (Å²) in [5.41, 5.74) is 1.11. The van der Waals surface area contributed by atoms with E-state index >= 15 is 0 Å². The van der Waals surface area contributed by atoms with E-state index in [1.165, 1.54) is 24.4 Å². The molecular formula is C17H12F3NO2S. The highest BCUT2D eigenvalue weighted by Gasteiger charge is 2.30. The quantitative estimate of drug-likeness (QED) is 0.726. The van der Waals surface area contributed by atoms with Crippen LogP contribution in [0.2, 0.25) is 0 Å². The number of carbonyl (C=O) groups is 1. The van der Waals surface area contributed by atoms with Crippen LogP contribution in [0, 0.1) is 0 Å². The lowest BCUT2D eigenvalue weighted by atomic mass is 10.00. The number of hydrogen-bond acceptors (Lipinski definition) is 2. The summed E-state index contributed by atoms with van der Waals surface area (Å²) >= 11 is 0. The molecule has 0 amide bonds. The highest BCUT2D eigenvalue weighted by molar-refractivity contribution is 7.59. The zero-order valence-electron chi connectivity index (χ0n) is 12.1. The maximum absolute atomic E-state index is 12.6. The summed E-state index contributed by atoms with van der Waals surface area (Å²) in [5.74, 6) is -1.08. The number of aromatic carboxylic acids is 1. The van der Waals surface area contributed by atoms with E-state index in [-0.39, 0.29) is 19.1 Å². The number of alkyl halides is 3. The second kappa shape index (κ2) is 6.52. The molecule has 0 saturated heterocycles. The summed E-state index contributed by atoms with van der Waals surface area (Å²) in [5, 5.41) is 9.60. The van der Waals surface area contributed by atoms with Gasteiger partial charge in [0.15, 0.2) is 0 Å². The maximum Gasteiger partial charge on any atom is 0.416 e. The molecule has 3 aromatic rings. The Morgan fingerprint density at radius 3 is 2.29 bits per heavy atom. The van der Waals surface area contributed by atoms with Crippen molar-refractivity contribution in [3.8, 4) is 11.1 Å². The lowest BCUT2D eigenvalue weighted by molar-refractivity contribution is -0.137. The molecule has 0 unspecified atom stereocenters. The number of hydrogen-bond donors (Lipinski definition) is 1. The van der Waals surface area contributed by atoms with Crippen molar-refractivity contribution in [3.63, 3.8) is 0 Å². The second-order valence-electron chi connectivity index (χ2n) is 4.98. The van der Waals surface area contributed by atoms with Crippen LogP contribution in [0.5, 0.6) is 0 Å². The maximum atomic E-state index is 12.6.